The third kappa shape index (κ3) is 5.66. The van der Waals surface area contributed by atoms with Crippen LogP contribution in [0.5, 0.6) is 0 Å². The van der Waals surface area contributed by atoms with Gasteiger partial charge in [0.05, 0.1) is 5.92 Å². The topological polar surface area (TPSA) is 52.6 Å². The third-order valence-corrected chi connectivity index (χ3v) is 3.62. The van der Waals surface area contributed by atoms with Crippen LogP contribution in [0.3, 0.4) is 0 Å². The first-order chi connectivity index (χ1) is 9.20. The summed E-state index contributed by atoms with van der Waals surface area (Å²) < 4.78 is 37.6. The van der Waals surface area contributed by atoms with Crippen molar-refractivity contribution in [3.05, 3.63) is 0 Å². The Morgan fingerprint density at radius 1 is 1.35 bits per heavy atom. The minimum Gasteiger partial charge on any atom is -0.480 e. The fraction of sp³-hybridized carbons (Fsp3) is 0.923. The zero-order valence-corrected chi connectivity index (χ0v) is 11.9. The number of piperidine rings is 1. The fourth-order valence-corrected chi connectivity index (χ4v) is 2.48. The lowest BCUT2D eigenvalue weighted by molar-refractivity contribution is -0.185. The lowest BCUT2D eigenvalue weighted by Gasteiger charge is -2.33. The number of carboxylic acids is 1. The Hall–Kier alpha value is -0.820. The van der Waals surface area contributed by atoms with Crippen LogP contribution < -0.4 is 5.32 Å². The van der Waals surface area contributed by atoms with Gasteiger partial charge in [-0.15, -0.1) is 0 Å². The van der Waals surface area contributed by atoms with Crippen LogP contribution in [0.2, 0.25) is 0 Å². The highest BCUT2D eigenvalue weighted by Gasteiger charge is 2.41. The highest BCUT2D eigenvalue weighted by atomic mass is 19.4. The number of aliphatic carboxylic acids is 1. The van der Waals surface area contributed by atoms with E-state index >= 15 is 0 Å². The molecule has 0 bridgehead atoms. The van der Waals surface area contributed by atoms with Crippen LogP contribution in [-0.4, -0.2) is 53.9 Å². The largest absolute Gasteiger partial charge is 0.480 e. The molecule has 1 aliphatic heterocycles. The number of hydrogen-bond acceptors (Lipinski definition) is 3. The average molecular weight is 296 g/mol. The summed E-state index contributed by atoms with van der Waals surface area (Å²) in [4.78, 5) is 13.0. The molecule has 0 aliphatic carbocycles. The van der Waals surface area contributed by atoms with Crippen molar-refractivity contribution in [3.8, 4) is 0 Å². The van der Waals surface area contributed by atoms with Crippen LogP contribution in [0.25, 0.3) is 0 Å². The minimum absolute atomic E-state index is 0.0621. The number of rotatable bonds is 6. The molecule has 0 saturated carbocycles. The van der Waals surface area contributed by atoms with E-state index in [-0.39, 0.29) is 18.9 Å². The molecule has 7 heteroatoms. The predicted molar refractivity (Wildman–Crippen MR) is 69.5 cm³/mol. The molecule has 0 spiro atoms. The SMILES string of the molecule is CC(C)NC(CCN1CCC(C(F)(F)F)CC1)C(=O)O. The van der Waals surface area contributed by atoms with Crippen molar-refractivity contribution in [3.63, 3.8) is 0 Å². The number of hydrogen-bond donors (Lipinski definition) is 2. The molecular formula is C13H23F3N2O2. The second kappa shape index (κ2) is 7.26. The highest BCUT2D eigenvalue weighted by Crippen LogP contribution is 2.34. The maximum absolute atomic E-state index is 12.5. The summed E-state index contributed by atoms with van der Waals surface area (Å²) in [6, 6.07) is -0.581. The van der Waals surface area contributed by atoms with Gasteiger partial charge < -0.3 is 15.3 Å². The molecule has 1 rings (SSSR count). The van der Waals surface area contributed by atoms with Crippen LogP contribution in [-0.2, 0) is 4.79 Å². The Morgan fingerprint density at radius 3 is 2.30 bits per heavy atom. The van der Waals surface area contributed by atoms with Crippen LogP contribution >= 0.6 is 0 Å². The summed E-state index contributed by atoms with van der Waals surface area (Å²) in [7, 11) is 0. The second-order valence-corrected chi connectivity index (χ2v) is 5.66. The van der Waals surface area contributed by atoms with Crippen molar-refractivity contribution in [2.24, 2.45) is 5.92 Å². The Morgan fingerprint density at radius 2 is 1.90 bits per heavy atom. The number of nitrogens with zero attached hydrogens (tertiary/aromatic N) is 1. The van der Waals surface area contributed by atoms with E-state index in [1.807, 2.05) is 18.7 Å². The quantitative estimate of drug-likeness (QED) is 0.788. The molecule has 0 aromatic heterocycles. The van der Waals surface area contributed by atoms with Gasteiger partial charge in [0.2, 0.25) is 0 Å². The van der Waals surface area contributed by atoms with E-state index in [9.17, 15) is 18.0 Å². The molecule has 4 nitrogen and oxygen atoms in total. The summed E-state index contributed by atoms with van der Waals surface area (Å²) in [5, 5.41) is 12.0. The minimum atomic E-state index is -4.10. The highest BCUT2D eigenvalue weighted by molar-refractivity contribution is 5.73. The van der Waals surface area contributed by atoms with Gasteiger partial charge >= 0.3 is 12.1 Å². The van der Waals surface area contributed by atoms with E-state index in [2.05, 4.69) is 5.32 Å². The Labute approximate surface area is 117 Å². The molecule has 1 heterocycles. The number of carboxylic acid groups (broad SMARTS) is 1. The van der Waals surface area contributed by atoms with Gasteiger partial charge in [-0.25, -0.2) is 0 Å². The summed E-state index contributed by atoms with van der Waals surface area (Å²) >= 11 is 0. The lowest BCUT2D eigenvalue weighted by Crippen LogP contribution is -2.45. The van der Waals surface area contributed by atoms with E-state index in [1.165, 1.54) is 0 Å². The van der Waals surface area contributed by atoms with E-state index < -0.39 is 24.1 Å². The predicted octanol–water partition coefficient (Wildman–Crippen LogP) is 2.10. The van der Waals surface area contributed by atoms with E-state index in [1.54, 1.807) is 0 Å². The first-order valence-corrected chi connectivity index (χ1v) is 6.98. The van der Waals surface area contributed by atoms with Crippen molar-refractivity contribution >= 4 is 5.97 Å². The number of carbonyl (C=O) groups is 1. The van der Waals surface area contributed by atoms with E-state index in [0.717, 1.165) is 0 Å². The first-order valence-electron chi connectivity index (χ1n) is 6.98. The number of likely N-dealkylation sites (tertiary alicyclic amines) is 1. The third-order valence-electron chi connectivity index (χ3n) is 3.62. The number of halogens is 3. The molecule has 1 aliphatic rings. The van der Waals surface area contributed by atoms with Crippen LogP contribution in [0.4, 0.5) is 13.2 Å². The van der Waals surface area contributed by atoms with Gasteiger partial charge in [-0.1, -0.05) is 13.8 Å². The number of alkyl halides is 3. The van der Waals surface area contributed by atoms with Gasteiger partial charge in [-0.05, 0) is 32.4 Å². The molecule has 0 aromatic carbocycles. The summed E-state index contributed by atoms with van der Waals surface area (Å²) in [5.74, 6) is -2.12. The fourth-order valence-electron chi connectivity index (χ4n) is 2.48. The summed E-state index contributed by atoms with van der Waals surface area (Å²) in [6.07, 6.45) is -3.48. The van der Waals surface area contributed by atoms with Crippen LogP contribution in [0.1, 0.15) is 33.1 Å². The zero-order valence-electron chi connectivity index (χ0n) is 11.9. The van der Waals surface area contributed by atoms with E-state index in [4.69, 9.17) is 5.11 Å². The monoisotopic (exact) mass is 296 g/mol. The molecule has 0 aromatic rings. The molecule has 20 heavy (non-hydrogen) atoms. The first kappa shape index (κ1) is 17.2. The van der Waals surface area contributed by atoms with Crippen molar-refractivity contribution in [1.29, 1.82) is 0 Å². The molecule has 1 fully saturated rings. The standard InChI is InChI=1S/C13H23F3N2O2/c1-9(2)17-11(12(19)20)5-8-18-6-3-10(4-7-18)13(14,15)16/h9-11,17H,3-8H2,1-2H3,(H,19,20). The maximum atomic E-state index is 12.5. The van der Waals surface area contributed by atoms with Gasteiger partial charge in [0, 0.05) is 12.6 Å². The molecule has 2 N–H and O–H groups in total. The van der Waals surface area contributed by atoms with Gasteiger partial charge in [-0.2, -0.15) is 13.2 Å². The Kier molecular flexibility index (Phi) is 6.26. The molecule has 1 unspecified atom stereocenters. The van der Waals surface area contributed by atoms with Crippen LogP contribution in [0.15, 0.2) is 0 Å². The van der Waals surface area contributed by atoms with Crippen molar-refractivity contribution in [2.45, 2.75) is 51.4 Å². The second-order valence-electron chi connectivity index (χ2n) is 5.66. The maximum Gasteiger partial charge on any atom is 0.391 e. The number of nitrogens with one attached hydrogen (secondary N) is 1. The molecule has 0 radical (unpaired) electrons. The lowest BCUT2D eigenvalue weighted by atomic mass is 9.96. The van der Waals surface area contributed by atoms with Gasteiger partial charge in [0.1, 0.15) is 6.04 Å². The average Bonchev–Trinajstić information content (AvgIpc) is 2.33. The van der Waals surface area contributed by atoms with Crippen molar-refractivity contribution in [1.82, 2.24) is 10.2 Å². The zero-order chi connectivity index (χ0) is 15.3. The Balaban J connectivity index is 2.34. The summed E-state index contributed by atoms with van der Waals surface area (Å²) in [6.45, 7) is 5.02. The normalized spacial score (nSPS) is 20.3. The van der Waals surface area contributed by atoms with Gasteiger partial charge in [0.15, 0.2) is 0 Å². The molecular weight excluding hydrogens is 273 g/mol. The molecule has 1 saturated heterocycles. The van der Waals surface area contributed by atoms with Crippen molar-refractivity contribution < 1.29 is 23.1 Å². The van der Waals surface area contributed by atoms with Gasteiger partial charge in [0.25, 0.3) is 0 Å². The molecule has 118 valence electrons. The van der Waals surface area contributed by atoms with Crippen LogP contribution in [0, 0.1) is 5.92 Å². The smallest absolute Gasteiger partial charge is 0.391 e. The Bertz CT molecular complexity index is 313. The molecule has 1 atom stereocenters. The summed E-state index contributed by atoms with van der Waals surface area (Å²) in [5.41, 5.74) is 0. The van der Waals surface area contributed by atoms with Gasteiger partial charge in [-0.3, -0.25) is 4.79 Å². The van der Waals surface area contributed by atoms with Crippen molar-refractivity contribution in [2.75, 3.05) is 19.6 Å². The molecule has 0 amide bonds. The van der Waals surface area contributed by atoms with E-state index in [0.29, 0.717) is 26.1 Å².